The van der Waals surface area contributed by atoms with E-state index in [2.05, 4.69) is 0 Å². The summed E-state index contributed by atoms with van der Waals surface area (Å²) < 4.78 is 0. The maximum absolute atomic E-state index is 12.7. The van der Waals surface area contributed by atoms with Gasteiger partial charge in [0.2, 0.25) is 0 Å². The normalized spacial score (nSPS) is 10.5. The summed E-state index contributed by atoms with van der Waals surface area (Å²) in [6.45, 7) is 3.28. The average Bonchev–Trinajstić information content (AvgIpc) is 2.42. The molecule has 2 aromatic rings. The minimum Gasteiger partial charge on any atom is -0.478 e. The van der Waals surface area contributed by atoms with Gasteiger partial charge in [-0.05, 0) is 49.2 Å². The highest BCUT2D eigenvalue weighted by Crippen LogP contribution is 2.30. The predicted octanol–water partition coefficient (Wildman–Crippen LogP) is 4.12. The summed E-state index contributed by atoms with van der Waals surface area (Å²) in [6, 6.07) is 5.98. The van der Waals surface area contributed by atoms with E-state index in [1.165, 1.54) is 18.2 Å². The molecule has 0 aliphatic carbocycles. The first-order chi connectivity index (χ1) is 10.2. The fourth-order valence-electron chi connectivity index (χ4n) is 2.33. The molecule has 0 saturated carbocycles. The number of rotatable bonds is 3. The highest BCUT2D eigenvalue weighted by molar-refractivity contribution is 6.37. The zero-order valence-corrected chi connectivity index (χ0v) is 13.4. The maximum atomic E-state index is 12.7. The van der Waals surface area contributed by atoms with Crippen molar-refractivity contribution in [3.8, 4) is 0 Å². The van der Waals surface area contributed by atoms with Crippen molar-refractivity contribution >= 4 is 40.6 Å². The van der Waals surface area contributed by atoms with Crippen LogP contribution in [0.4, 0.5) is 5.69 Å². The Hall–Kier alpha value is -2.04. The van der Waals surface area contributed by atoms with Gasteiger partial charge in [-0.25, -0.2) is 4.79 Å². The lowest BCUT2D eigenvalue weighted by atomic mass is 9.91. The molecule has 2 aromatic carbocycles. The van der Waals surface area contributed by atoms with Crippen molar-refractivity contribution in [1.29, 1.82) is 0 Å². The summed E-state index contributed by atoms with van der Waals surface area (Å²) in [5.41, 5.74) is 7.50. The first-order valence-electron chi connectivity index (χ1n) is 6.36. The van der Waals surface area contributed by atoms with Crippen LogP contribution in [0.15, 0.2) is 24.3 Å². The van der Waals surface area contributed by atoms with E-state index in [0.717, 1.165) is 0 Å². The minimum atomic E-state index is -1.13. The first kappa shape index (κ1) is 16.3. The van der Waals surface area contributed by atoms with E-state index in [1.54, 1.807) is 19.9 Å². The average molecular weight is 338 g/mol. The van der Waals surface area contributed by atoms with Crippen LogP contribution in [0.5, 0.6) is 0 Å². The van der Waals surface area contributed by atoms with Crippen molar-refractivity contribution in [2.75, 3.05) is 5.73 Å². The number of nitrogen functional groups attached to an aromatic ring is 1. The summed E-state index contributed by atoms with van der Waals surface area (Å²) in [5, 5.41) is 9.80. The third-order valence-corrected chi connectivity index (χ3v) is 4.01. The fraction of sp³-hybridized carbons (Fsp3) is 0.125. The fourth-order valence-corrected chi connectivity index (χ4v) is 2.83. The molecule has 0 radical (unpaired) electrons. The van der Waals surface area contributed by atoms with Gasteiger partial charge in [-0.15, -0.1) is 0 Å². The van der Waals surface area contributed by atoms with E-state index >= 15 is 0 Å². The Morgan fingerprint density at radius 2 is 1.73 bits per heavy atom. The van der Waals surface area contributed by atoms with E-state index in [0.29, 0.717) is 27.3 Å². The second-order valence-electron chi connectivity index (χ2n) is 4.91. The third-order valence-electron chi connectivity index (χ3n) is 3.46. The summed E-state index contributed by atoms with van der Waals surface area (Å²) in [6.07, 6.45) is 0. The number of nitrogens with two attached hydrogens (primary N) is 1. The molecule has 0 aliphatic rings. The van der Waals surface area contributed by atoms with Crippen molar-refractivity contribution < 1.29 is 14.7 Å². The van der Waals surface area contributed by atoms with Crippen LogP contribution >= 0.6 is 23.2 Å². The third kappa shape index (κ3) is 2.80. The highest BCUT2D eigenvalue weighted by atomic mass is 35.5. The summed E-state index contributed by atoms with van der Waals surface area (Å²) in [5.74, 6) is -1.45. The molecule has 0 atom stereocenters. The lowest BCUT2D eigenvalue weighted by Crippen LogP contribution is -2.13. The topological polar surface area (TPSA) is 80.4 Å². The number of carboxylic acid groups (broad SMARTS) is 1. The summed E-state index contributed by atoms with van der Waals surface area (Å²) in [4.78, 5) is 23.9. The lowest BCUT2D eigenvalue weighted by molar-refractivity contribution is 0.0697. The van der Waals surface area contributed by atoms with E-state index in [4.69, 9.17) is 34.0 Å². The molecule has 0 amide bonds. The molecule has 2 rings (SSSR count). The number of aryl methyl sites for hydroxylation is 1. The molecule has 4 nitrogen and oxygen atoms in total. The number of halogens is 2. The van der Waals surface area contributed by atoms with Crippen molar-refractivity contribution in [2.45, 2.75) is 13.8 Å². The molecule has 0 aromatic heterocycles. The predicted molar refractivity (Wildman–Crippen MR) is 87.2 cm³/mol. The Balaban J connectivity index is 2.65. The number of benzene rings is 2. The second-order valence-corrected chi connectivity index (χ2v) is 5.76. The Labute approximate surface area is 137 Å². The zero-order chi connectivity index (χ0) is 16.6. The second kappa shape index (κ2) is 5.99. The molecule has 0 unspecified atom stereocenters. The van der Waals surface area contributed by atoms with Gasteiger partial charge < -0.3 is 10.8 Å². The Kier molecular flexibility index (Phi) is 4.44. The Morgan fingerprint density at radius 3 is 2.27 bits per heavy atom. The molecule has 6 heteroatoms. The van der Waals surface area contributed by atoms with Gasteiger partial charge in [0.15, 0.2) is 5.78 Å². The van der Waals surface area contributed by atoms with Gasteiger partial charge in [-0.3, -0.25) is 4.79 Å². The van der Waals surface area contributed by atoms with Crippen molar-refractivity contribution in [1.82, 2.24) is 0 Å². The Bertz CT molecular complexity index is 800. The van der Waals surface area contributed by atoms with Gasteiger partial charge in [0, 0.05) is 21.8 Å². The van der Waals surface area contributed by atoms with Crippen LogP contribution in [0.3, 0.4) is 0 Å². The lowest BCUT2D eigenvalue weighted by Gasteiger charge is -2.14. The van der Waals surface area contributed by atoms with E-state index in [-0.39, 0.29) is 22.1 Å². The molecule has 0 bridgehead atoms. The molecule has 0 aliphatic heterocycles. The highest BCUT2D eigenvalue weighted by Gasteiger charge is 2.22. The number of carboxylic acids is 1. The number of carbonyl (C=O) groups is 2. The number of ketones is 1. The number of hydrogen-bond acceptors (Lipinski definition) is 3. The molecule has 114 valence electrons. The SMILES string of the molecule is Cc1cc(C(=O)O)c(N)c(C)c1C(=O)c1ccc(Cl)cc1Cl. The van der Waals surface area contributed by atoms with Crippen LogP contribution in [0, 0.1) is 13.8 Å². The van der Waals surface area contributed by atoms with Gasteiger partial charge in [-0.1, -0.05) is 23.2 Å². The smallest absolute Gasteiger partial charge is 0.337 e. The van der Waals surface area contributed by atoms with Gasteiger partial charge in [0.25, 0.3) is 0 Å². The standard InChI is InChI=1S/C16H13Cl2NO3/c1-7-5-11(16(21)22)14(19)8(2)13(7)15(20)10-4-3-9(17)6-12(10)18/h3-6H,19H2,1-2H3,(H,21,22). The Morgan fingerprint density at radius 1 is 1.09 bits per heavy atom. The molecule has 0 spiro atoms. The monoisotopic (exact) mass is 337 g/mol. The molecule has 0 heterocycles. The number of hydrogen-bond donors (Lipinski definition) is 2. The number of anilines is 1. The molecule has 0 saturated heterocycles. The molecular weight excluding hydrogens is 325 g/mol. The molecular formula is C16H13Cl2NO3. The van der Waals surface area contributed by atoms with Crippen molar-refractivity contribution in [3.05, 3.63) is 62.1 Å². The van der Waals surface area contributed by atoms with Gasteiger partial charge in [-0.2, -0.15) is 0 Å². The maximum Gasteiger partial charge on any atom is 0.337 e. The number of aromatic carboxylic acids is 1. The van der Waals surface area contributed by atoms with Gasteiger partial charge in [0.1, 0.15) is 0 Å². The molecule has 22 heavy (non-hydrogen) atoms. The van der Waals surface area contributed by atoms with Gasteiger partial charge >= 0.3 is 5.97 Å². The van der Waals surface area contributed by atoms with Crippen LogP contribution in [-0.4, -0.2) is 16.9 Å². The minimum absolute atomic E-state index is 0.0197. The first-order valence-corrected chi connectivity index (χ1v) is 7.12. The molecule has 0 fully saturated rings. The van der Waals surface area contributed by atoms with Crippen LogP contribution in [-0.2, 0) is 0 Å². The quantitative estimate of drug-likeness (QED) is 0.652. The van der Waals surface area contributed by atoms with Crippen LogP contribution in [0.2, 0.25) is 10.0 Å². The van der Waals surface area contributed by atoms with Crippen molar-refractivity contribution in [3.63, 3.8) is 0 Å². The zero-order valence-electron chi connectivity index (χ0n) is 11.9. The summed E-state index contributed by atoms with van der Waals surface area (Å²) >= 11 is 11.9. The summed E-state index contributed by atoms with van der Waals surface area (Å²) in [7, 11) is 0. The van der Waals surface area contributed by atoms with Crippen LogP contribution < -0.4 is 5.73 Å². The van der Waals surface area contributed by atoms with E-state index in [1.807, 2.05) is 0 Å². The molecule has 3 N–H and O–H groups in total. The number of carbonyl (C=O) groups excluding carboxylic acids is 1. The van der Waals surface area contributed by atoms with E-state index in [9.17, 15) is 9.59 Å². The van der Waals surface area contributed by atoms with E-state index < -0.39 is 5.97 Å². The van der Waals surface area contributed by atoms with Crippen molar-refractivity contribution in [2.24, 2.45) is 0 Å². The van der Waals surface area contributed by atoms with Crippen LogP contribution in [0.25, 0.3) is 0 Å². The van der Waals surface area contributed by atoms with Gasteiger partial charge in [0.05, 0.1) is 10.6 Å². The van der Waals surface area contributed by atoms with Crippen LogP contribution in [0.1, 0.15) is 37.4 Å². The largest absolute Gasteiger partial charge is 0.478 e.